The lowest BCUT2D eigenvalue weighted by atomic mass is 10.3. The van der Waals surface area contributed by atoms with Crippen LogP contribution in [0.25, 0.3) is 0 Å². The summed E-state index contributed by atoms with van der Waals surface area (Å²) in [5.41, 5.74) is 0. The lowest BCUT2D eigenvalue weighted by molar-refractivity contribution is 0.277. The van der Waals surface area contributed by atoms with Crippen molar-refractivity contribution in [2.45, 2.75) is 32.2 Å². The summed E-state index contributed by atoms with van der Waals surface area (Å²) in [5, 5.41) is 12.0. The van der Waals surface area contributed by atoms with E-state index in [4.69, 9.17) is 5.11 Å². The van der Waals surface area contributed by atoms with E-state index >= 15 is 0 Å². The van der Waals surface area contributed by atoms with E-state index in [-0.39, 0.29) is 0 Å². The zero-order chi connectivity index (χ0) is 7.40. The van der Waals surface area contributed by atoms with Gasteiger partial charge in [-0.05, 0) is 31.7 Å². The maximum absolute atomic E-state index is 8.59. The predicted molar refractivity (Wildman–Crippen MR) is 41.9 cm³/mol. The largest absolute Gasteiger partial charge is 0.396 e. The molecule has 0 aromatic heterocycles. The van der Waals surface area contributed by atoms with Crippen molar-refractivity contribution in [1.29, 1.82) is 0 Å². The summed E-state index contributed by atoms with van der Waals surface area (Å²) in [4.78, 5) is 0. The molecule has 1 aliphatic rings. The Morgan fingerprint density at radius 3 is 3.00 bits per heavy atom. The SMILES string of the molecule is CCCNC1CC1CCO. The van der Waals surface area contributed by atoms with Crippen LogP contribution in [0.3, 0.4) is 0 Å². The molecule has 1 saturated carbocycles. The van der Waals surface area contributed by atoms with Crippen LogP contribution in [-0.2, 0) is 0 Å². The fraction of sp³-hybridized carbons (Fsp3) is 1.00. The first-order valence-corrected chi connectivity index (χ1v) is 4.22. The molecule has 2 N–H and O–H groups in total. The lowest BCUT2D eigenvalue weighted by Crippen LogP contribution is -2.18. The minimum Gasteiger partial charge on any atom is -0.396 e. The summed E-state index contributed by atoms with van der Waals surface area (Å²) < 4.78 is 0. The highest BCUT2D eigenvalue weighted by Crippen LogP contribution is 2.32. The third kappa shape index (κ3) is 2.27. The molecule has 0 aromatic rings. The number of aliphatic hydroxyl groups is 1. The Hall–Kier alpha value is -0.0800. The Morgan fingerprint density at radius 1 is 1.60 bits per heavy atom. The van der Waals surface area contributed by atoms with Crippen molar-refractivity contribution >= 4 is 0 Å². The Bertz CT molecular complexity index is 95.3. The Kier molecular flexibility index (Phi) is 3.16. The minimum absolute atomic E-state index is 0.356. The second kappa shape index (κ2) is 3.94. The Morgan fingerprint density at radius 2 is 2.40 bits per heavy atom. The molecule has 1 rings (SSSR count). The van der Waals surface area contributed by atoms with Crippen molar-refractivity contribution in [3.8, 4) is 0 Å². The van der Waals surface area contributed by atoms with E-state index < -0.39 is 0 Å². The molecule has 60 valence electrons. The summed E-state index contributed by atoms with van der Waals surface area (Å²) in [5.74, 6) is 0.775. The normalized spacial score (nSPS) is 30.6. The highest BCUT2D eigenvalue weighted by atomic mass is 16.3. The van der Waals surface area contributed by atoms with Gasteiger partial charge in [0.1, 0.15) is 0 Å². The van der Waals surface area contributed by atoms with Gasteiger partial charge in [0.15, 0.2) is 0 Å². The fourth-order valence-corrected chi connectivity index (χ4v) is 1.31. The van der Waals surface area contributed by atoms with E-state index in [0.717, 1.165) is 24.9 Å². The summed E-state index contributed by atoms with van der Waals surface area (Å²) in [6, 6.07) is 0.729. The van der Waals surface area contributed by atoms with Crippen molar-refractivity contribution in [2.75, 3.05) is 13.2 Å². The van der Waals surface area contributed by atoms with Crippen LogP contribution >= 0.6 is 0 Å². The number of rotatable bonds is 5. The summed E-state index contributed by atoms with van der Waals surface area (Å²) in [7, 11) is 0. The second-order valence-electron chi connectivity index (χ2n) is 3.07. The van der Waals surface area contributed by atoms with Gasteiger partial charge in [-0.15, -0.1) is 0 Å². The van der Waals surface area contributed by atoms with Gasteiger partial charge in [0, 0.05) is 12.6 Å². The molecule has 0 saturated heterocycles. The van der Waals surface area contributed by atoms with Gasteiger partial charge in [-0.25, -0.2) is 0 Å². The monoisotopic (exact) mass is 143 g/mol. The maximum atomic E-state index is 8.59. The predicted octanol–water partition coefficient (Wildman–Crippen LogP) is 0.757. The average molecular weight is 143 g/mol. The van der Waals surface area contributed by atoms with Gasteiger partial charge in [0.05, 0.1) is 0 Å². The van der Waals surface area contributed by atoms with E-state index in [2.05, 4.69) is 12.2 Å². The zero-order valence-corrected chi connectivity index (χ0v) is 6.64. The third-order valence-corrected chi connectivity index (χ3v) is 2.08. The molecule has 0 aromatic carbocycles. The lowest BCUT2D eigenvalue weighted by Gasteiger charge is -1.99. The van der Waals surface area contributed by atoms with Gasteiger partial charge in [0.25, 0.3) is 0 Å². The molecule has 0 heterocycles. The fourth-order valence-electron chi connectivity index (χ4n) is 1.31. The standard InChI is InChI=1S/C8H17NO/c1-2-4-9-8-6-7(8)3-5-10/h7-10H,2-6H2,1H3. The zero-order valence-electron chi connectivity index (χ0n) is 6.64. The molecule has 1 fully saturated rings. The van der Waals surface area contributed by atoms with Crippen molar-refractivity contribution in [3.05, 3.63) is 0 Å². The first-order valence-electron chi connectivity index (χ1n) is 4.22. The van der Waals surface area contributed by atoms with Crippen LogP contribution < -0.4 is 5.32 Å². The van der Waals surface area contributed by atoms with E-state index in [1.54, 1.807) is 0 Å². The number of hydrogen-bond acceptors (Lipinski definition) is 2. The van der Waals surface area contributed by atoms with Crippen LogP contribution in [0.2, 0.25) is 0 Å². The highest BCUT2D eigenvalue weighted by molar-refractivity contribution is 4.92. The van der Waals surface area contributed by atoms with Crippen LogP contribution in [0.15, 0.2) is 0 Å². The van der Waals surface area contributed by atoms with Crippen molar-refractivity contribution in [2.24, 2.45) is 5.92 Å². The topological polar surface area (TPSA) is 32.3 Å². The van der Waals surface area contributed by atoms with E-state index in [1.165, 1.54) is 12.8 Å². The molecule has 0 radical (unpaired) electrons. The summed E-state index contributed by atoms with van der Waals surface area (Å²) in [6.45, 7) is 3.66. The third-order valence-electron chi connectivity index (χ3n) is 2.08. The van der Waals surface area contributed by atoms with Crippen molar-refractivity contribution < 1.29 is 5.11 Å². The van der Waals surface area contributed by atoms with Crippen LogP contribution in [0.1, 0.15) is 26.2 Å². The van der Waals surface area contributed by atoms with Crippen LogP contribution in [0, 0.1) is 5.92 Å². The molecule has 1 aliphatic carbocycles. The number of aliphatic hydroxyl groups excluding tert-OH is 1. The van der Waals surface area contributed by atoms with Crippen molar-refractivity contribution in [1.82, 2.24) is 5.32 Å². The molecular weight excluding hydrogens is 126 g/mol. The van der Waals surface area contributed by atoms with Crippen molar-refractivity contribution in [3.63, 3.8) is 0 Å². The quantitative estimate of drug-likeness (QED) is 0.595. The molecule has 2 nitrogen and oxygen atoms in total. The van der Waals surface area contributed by atoms with Gasteiger partial charge < -0.3 is 10.4 Å². The van der Waals surface area contributed by atoms with Gasteiger partial charge >= 0.3 is 0 Å². The molecule has 0 aliphatic heterocycles. The molecule has 2 atom stereocenters. The molecular formula is C8H17NO. The second-order valence-corrected chi connectivity index (χ2v) is 3.07. The number of hydrogen-bond donors (Lipinski definition) is 2. The molecule has 10 heavy (non-hydrogen) atoms. The minimum atomic E-state index is 0.356. The number of nitrogens with one attached hydrogen (secondary N) is 1. The van der Waals surface area contributed by atoms with Crippen LogP contribution in [-0.4, -0.2) is 24.3 Å². The maximum Gasteiger partial charge on any atom is 0.0434 e. The molecule has 2 heteroatoms. The van der Waals surface area contributed by atoms with E-state index in [0.29, 0.717) is 6.61 Å². The summed E-state index contributed by atoms with van der Waals surface area (Å²) >= 11 is 0. The molecule has 0 bridgehead atoms. The molecule has 0 amide bonds. The Balaban J connectivity index is 1.92. The summed E-state index contributed by atoms with van der Waals surface area (Å²) in [6.07, 6.45) is 3.48. The van der Waals surface area contributed by atoms with Gasteiger partial charge in [-0.3, -0.25) is 0 Å². The van der Waals surface area contributed by atoms with Gasteiger partial charge in [-0.2, -0.15) is 0 Å². The Labute approximate surface area is 62.6 Å². The van der Waals surface area contributed by atoms with Gasteiger partial charge in [0.2, 0.25) is 0 Å². The van der Waals surface area contributed by atoms with E-state index in [1.807, 2.05) is 0 Å². The van der Waals surface area contributed by atoms with Gasteiger partial charge in [-0.1, -0.05) is 6.92 Å². The van der Waals surface area contributed by atoms with E-state index in [9.17, 15) is 0 Å². The smallest absolute Gasteiger partial charge is 0.0434 e. The molecule has 2 unspecified atom stereocenters. The average Bonchev–Trinajstić information content (AvgIpc) is 2.65. The van der Waals surface area contributed by atoms with Crippen LogP contribution in [0.5, 0.6) is 0 Å². The molecule has 0 spiro atoms. The van der Waals surface area contributed by atoms with Crippen LogP contribution in [0.4, 0.5) is 0 Å². The first-order chi connectivity index (χ1) is 4.88. The highest BCUT2D eigenvalue weighted by Gasteiger charge is 2.35. The first kappa shape index (κ1) is 8.02.